The zero-order chi connectivity index (χ0) is 17.7. The number of rotatable bonds is 4. The highest BCUT2D eigenvalue weighted by molar-refractivity contribution is 7.99. The molecule has 1 aliphatic carbocycles. The Morgan fingerprint density at radius 2 is 2.00 bits per heavy atom. The van der Waals surface area contributed by atoms with Crippen molar-refractivity contribution in [2.45, 2.75) is 36.6 Å². The Balaban J connectivity index is 2.10. The molecule has 2 fully saturated rings. The van der Waals surface area contributed by atoms with Crippen molar-refractivity contribution in [3.8, 4) is 0 Å². The van der Waals surface area contributed by atoms with Gasteiger partial charge in [0.05, 0.1) is 21.5 Å². The van der Waals surface area contributed by atoms with Crippen LogP contribution in [0.3, 0.4) is 0 Å². The topological polar surface area (TPSA) is 62.5 Å². The van der Waals surface area contributed by atoms with E-state index in [1.807, 2.05) is 15.7 Å². The van der Waals surface area contributed by atoms with Crippen molar-refractivity contribution in [1.29, 1.82) is 0 Å². The molecule has 2 aliphatic rings. The fourth-order valence-electron chi connectivity index (χ4n) is 3.66. The first-order chi connectivity index (χ1) is 12.0. The number of hydrogen-bond donors (Lipinski definition) is 1. The fraction of sp³-hybridized carbons (Fsp3) is 0.444. The van der Waals surface area contributed by atoms with Crippen LogP contribution in [0.25, 0.3) is 10.9 Å². The Kier molecular flexibility index (Phi) is 3.98. The van der Waals surface area contributed by atoms with Gasteiger partial charge in [0.15, 0.2) is 0 Å². The Hall–Kier alpha value is -2.02. The molecule has 0 atom stereocenters. The third-order valence-electron chi connectivity index (χ3n) is 5.00. The minimum Gasteiger partial charge on any atom is -0.477 e. The minimum absolute atomic E-state index is 0.164. The summed E-state index contributed by atoms with van der Waals surface area (Å²) in [6.45, 7) is 1.60. The molecule has 0 amide bonds. The van der Waals surface area contributed by atoms with Crippen LogP contribution in [-0.2, 0) is 0 Å². The smallest absolute Gasteiger partial charge is 0.341 e. The molecule has 4 rings (SSSR count). The number of fused-ring (bicyclic) bond motifs is 1. The van der Waals surface area contributed by atoms with Gasteiger partial charge in [-0.05, 0) is 38.0 Å². The van der Waals surface area contributed by atoms with Gasteiger partial charge in [0.25, 0.3) is 0 Å². The van der Waals surface area contributed by atoms with Crippen LogP contribution < -0.4 is 10.3 Å². The lowest BCUT2D eigenvalue weighted by Gasteiger charge is -2.24. The van der Waals surface area contributed by atoms with E-state index in [2.05, 4.69) is 0 Å². The summed E-state index contributed by atoms with van der Waals surface area (Å²) in [5, 5.41) is 9.52. The number of anilines is 1. The first kappa shape index (κ1) is 16.4. The highest BCUT2D eigenvalue weighted by atomic mass is 32.2. The van der Waals surface area contributed by atoms with Crippen molar-refractivity contribution >= 4 is 34.3 Å². The molecular formula is C18H19FN2O3S. The van der Waals surface area contributed by atoms with E-state index in [0.29, 0.717) is 11.2 Å². The summed E-state index contributed by atoms with van der Waals surface area (Å²) in [6, 6.07) is 1.42. The van der Waals surface area contributed by atoms with Crippen LogP contribution in [-0.4, -0.2) is 35.0 Å². The summed E-state index contributed by atoms with van der Waals surface area (Å²) in [4.78, 5) is 26.9. The van der Waals surface area contributed by atoms with Crippen LogP contribution in [0.2, 0.25) is 0 Å². The van der Waals surface area contributed by atoms with E-state index in [4.69, 9.17) is 0 Å². The zero-order valence-corrected chi connectivity index (χ0v) is 14.7. The quantitative estimate of drug-likeness (QED) is 0.844. The van der Waals surface area contributed by atoms with Gasteiger partial charge in [0, 0.05) is 25.3 Å². The Labute approximate surface area is 148 Å². The minimum atomic E-state index is -1.27. The first-order valence-corrected chi connectivity index (χ1v) is 9.69. The van der Waals surface area contributed by atoms with E-state index in [9.17, 15) is 19.1 Å². The van der Waals surface area contributed by atoms with E-state index >= 15 is 0 Å². The molecular weight excluding hydrogens is 343 g/mol. The molecule has 1 N–H and O–H groups in total. The lowest BCUT2D eigenvalue weighted by Crippen LogP contribution is -2.23. The van der Waals surface area contributed by atoms with E-state index in [1.54, 1.807) is 0 Å². The molecule has 2 aromatic rings. The number of carbonyl (C=O) groups is 1. The molecule has 1 aromatic carbocycles. The van der Waals surface area contributed by atoms with Gasteiger partial charge in [0.1, 0.15) is 11.4 Å². The number of benzene rings is 1. The average Bonchev–Trinajstić information content (AvgIpc) is 3.29. The van der Waals surface area contributed by atoms with Gasteiger partial charge in [-0.1, -0.05) is 0 Å². The van der Waals surface area contributed by atoms with Crippen molar-refractivity contribution in [3.05, 3.63) is 33.9 Å². The van der Waals surface area contributed by atoms with Crippen LogP contribution >= 0.6 is 11.8 Å². The summed E-state index contributed by atoms with van der Waals surface area (Å²) >= 11 is 1.42. The van der Waals surface area contributed by atoms with Crippen LogP contribution in [0, 0.1) is 5.82 Å². The van der Waals surface area contributed by atoms with E-state index in [-0.39, 0.29) is 17.0 Å². The lowest BCUT2D eigenvalue weighted by atomic mass is 10.1. The van der Waals surface area contributed by atoms with Crippen molar-refractivity contribution in [1.82, 2.24) is 4.57 Å². The number of carboxylic acids is 1. The molecule has 132 valence electrons. The maximum atomic E-state index is 14.9. The number of nitrogens with zero attached hydrogens (tertiary/aromatic N) is 2. The van der Waals surface area contributed by atoms with Crippen LogP contribution in [0.4, 0.5) is 10.1 Å². The molecule has 2 heterocycles. The van der Waals surface area contributed by atoms with Crippen LogP contribution in [0.5, 0.6) is 0 Å². The summed E-state index contributed by atoms with van der Waals surface area (Å²) < 4.78 is 16.8. The molecule has 1 aromatic heterocycles. The molecule has 7 heteroatoms. The van der Waals surface area contributed by atoms with Crippen molar-refractivity contribution in [2.75, 3.05) is 24.2 Å². The highest BCUT2D eigenvalue weighted by Gasteiger charge is 2.30. The SMILES string of the molecule is CSc1c(N2CCCC2)c(F)cc2c(=O)c(C(=O)O)cn(C3CC3)c12. The second-order valence-electron chi connectivity index (χ2n) is 6.65. The number of pyridine rings is 1. The van der Waals surface area contributed by atoms with Gasteiger partial charge in [-0.2, -0.15) is 0 Å². The van der Waals surface area contributed by atoms with E-state index < -0.39 is 17.2 Å². The molecule has 25 heavy (non-hydrogen) atoms. The molecule has 5 nitrogen and oxygen atoms in total. The molecule has 1 aliphatic heterocycles. The Morgan fingerprint density at radius 1 is 1.32 bits per heavy atom. The molecule has 0 unspecified atom stereocenters. The third-order valence-corrected chi connectivity index (χ3v) is 5.79. The zero-order valence-electron chi connectivity index (χ0n) is 13.9. The molecule has 0 spiro atoms. The van der Waals surface area contributed by atoms with E-state index in [0.717, 1.165) is 43.7 Å². The third kappa shape index (κ3) is 2.61. The average molecular weight is 362 g/mol. The van der Waals surface area contributed by atoms with Gasteiger partial charge in [-0.25, -0.2) is 9.18 Å². The molecule has 0 radical (unpaired) electrons. The highest BCUT2D eigenvalue weighted by Crippen LogP contribution is 2.43. The van der Waals surface area contributed by atoms with Crippen molar-refractivity contribution < 1.29 is 14.3 Å². The molecule has 1 saturated carbocycles. The number of hydrogen-bond acceptors (Lipinski definition) is 4. The van der Waals surface area contributed by atoms with Gasteiger partial charge in [-0.3, -0.25) is 4.79 Å². The van der Waals surface area contributed by atoms with Gasteiger partial charge < -0.3 is 14.6 Å². The standard InChI is InChI=1S/C18H19FN2O3S/c1-25-17-14-11(8-13(19)15(17)20-6-2-3-7-20)16(22)12(18(23)24)9-21(14)10-4-5-10/h8-10H,2-7H2,1H3,(H,23,24). The second kappa shape index (κ2) is 6.05. The summed E-state index contributed by atoms with van der Waals surface area (Å²) in [5.41, 5.74) is 0.323. The van der Waals surface area contributed by atoms with Gasteiger partial charge >= 0.3 is 5.97 Å². The maximum Gasteiger partial charge on any atom is 0.341 e. The fourth-order valence-corrected chi connectivity index (χ4v) is 4.49. The maximum absolute atomic E-state index is 14.9. The Bertz CT molecular complexity index is 930. The molecule has 0 bridgehead atoms. The largest absolute Gasteiger partial charge is 0.477 e. The normalized spacial score (nSPS) is 17.4. The van der Waals surface area contributed by atoms with Gasteiger partial charge in [-0.15, -0.1) is 11.8 Å². The predicted molar refractivity (Wildman–Crippen MR) is 96.6 cm³/mol. The number of thioether (sulfide) groups is 1. The monoisotopic (exact) mass is 362 g/mol. The van der Waals surface area contributed by atoms with Crippen molar-refractivity contribution in [3.63, 3.8) is 0 Å². The predicted octanol–water partition coefficient (Wildman–Crippen LogP) is 3.50. The van der Waals surface area contributed by atoms with Crippen LogP contribution in [0.1, 0.15) is 42.1 Å². The summed E-state index contributed by atoms with van der Waals surface area (Å²) in [7, 11) is 0. The number of aromatic carboxylic acids is 1. The second-order valence-corrected chi connectivity index (χ2v) is 7.46. The van der Waals surface area contributed by atoms with E-state index in [1.165, 1.54) is 24.0 Å². The number of aromatic nitrogens is 1. The lowest BCUT2D eigenvalue weighted by molar-refractivity contribution is 0.0695. The van der Waals surface area contributed by atoms with Crippen molar-refractivity contribution in [2.24, 2.45) is 0 Å². The molecule has 1 saturated heterocycles. The first-order valence-electron chi connectivity index (χ1n) is 8.46. The Morgan fingerprint density at radius 3 is 2.56 bits per heavy atom. The van der Waals surface area contributed by atoms with Gasteiger partial charge in [0.2, 0.25) is 5.43 Å². The summed E-state index contributed by atoms with van der Waals surface area (Å²) in [5.74, 6) is -1.71. The number of halogens is 1. The number of carboxylic acid groups (broad SMARTS) is 1. The van der Waals surface area contributed by atoms with Crippen LogP contribution in [0.15, 0.2) is 22.0 Å². The summed E-state index contributed by atoms with van der Waals surface area (Å²) in [6.07, 6.45) is 7.26.